The molecule has 0 N–H and O–H groups in total. The minimum Gasteiger partial charge on any atom is -0.355 e. The predicted molar refractivity (Wildman–Crippen MR) is 47.6 cm³/mol. The van der Waals surface area contributed by atoms with Crippen LogP contribution in [0.5, 0.6) is 0 Å². The molecule has 0 aromatic carbocycles. The first-order valence-electron chi connectivity index (χ1n) is 4.33. The molecular formula is C8H15NOS. The van der Waals surface area contributed by atoms with Crippen LogP contribution < -0.4 is 0 Å². The fourth-order valence-corrected chi connectivity index (χ4v) is 2.68. The predicted octanol–water partition coefficient (Wildman–Crippen LogP) is 1.38. The van der Waals surface area contributed by atoms with Gasteiger partial charge in [-0.1, -0.05) is 0 Å². The molecule has 3 fully saturated rings. The van der Waals surface area contributed by atoms with Crippen molar-refractivity contribution >= 4 is 11.8 Å². The Labute approximate surface area is 72.3 Å². The molecule has 0 saturated carbocycles. The number of fused-ring (bicyclic) bond motifs is 6. The average molecular weight is 173 g/mol. The van der Waals surface area contributed by atoms with Gasteiger partial charge in [0.05, 0.1) is 5.94 Å². The first-order valence-corrected chi connectivity index (χ1v) is 5.48. The van der Waals surface area contributed by atoms with Crippen LogP contribution in [0.4, 0.5) is 0 Å². The molecule has 0 atom stereocenters. The summed E-state index contributed by atoms with van der Waals surface area (Å²) in [4.78, 5) is 2.42. The molecule has 0 radical (unpaired) electrons. The van der Waals surface area contributed by atoms with Crippen molar-refractivity contribution in [3.63, 3.8) is 0 Å². The molecule has 2 nitrogen and oxygen atoms in total. The summed E-state index contributed by atoms with van der Waals surface area (Å²) in [5, 5.41) is 0. The van der Waals surface area contributed by atoms with E-state index in [0.717, 1.165) is 18.6 Å². The minimum absolute atomic E-state index is 0.861. The van der Waals surface area contributed by atoms with Crippen molar-refractivity contribution in [2.75, 3.05) is 31.5 Å². The Bertz CT molecular complexity index is 104. The minimum atomic E-state index is 0.861. The molecule has 3 aliphatic heterocycles. The highest BCUT2D eigenvalue weighted by molar-refractivity contribution is 7.99. The van der Waals surface area contributed by atoms with Crippen molar-refractivity contribution in [3.05, 3.63) is 0 Å². The van der Waals surface area contributed by atoms with E-state index in [9.17, 15) is 0 Å². The second kappa shape index (κ2) is 3.78. The Hall–Kier alpha value is 0.270. The van der Waals surface area contributed by atoms with Gasteiger partial charge in [-0.25, -0.2) is 0 Å². The third-order valence-electron chi connectivity index (χ3n) is 2.50. The zero-order valence-corrected chi connectivity index (χ0v) is 7.61. The van der Waals surface area contributed by atoms with Crippen molar-refractivity contribution in [1.29, 1.82) is 0 Å². The summed E-state index contributed by atoms with van der Waals surface area (Å²) in [6.45, 7) is 3.37. The highest BCUT2D eigenvalue weighted by Gasteiger charge is 2.20. The van der Waals surface area contributed by atoms with Gasteiger partial charge >= 0.3 is 0 Å². The Kier molecular flexibility index (Phi) is 2.72. The van der Waals surface area contributed by atoms with Gasteiger partial charge in [-0.2, -0.15) is 0 Å². The van der Waals surface area contributed by atoms with Crippen LogP contribution in [0.15, 0.2) is 0 Å². The molecule has 0 aromatic heterocycles. The van der Waals surface area contributed by atoms with Gasteiger partial charge in [0, 0.05) is 13.1 Å². The normalized spacial score (nSPS) is 39.3. The third-order valence-corrected chi connectivity index (χ3v) is 3.54. The Morgan fingerprint density at radius 2 is 2.09 bits per heavy atom. The van der Waals surface area contributed by atoms with Crippen LogP contribution >= 0.6 is 11.8 Å². The van der Waals surface area contributed by atoms with E-state index in [1.54, 1.807) is 0 Å². The first-order chi connectivity index (χ1) is 5.45. The number of ether oxygens (including phenoxy) is 1. The molecule has 0 aromatic rings. The zero-order valence-electron chi connectivity index (χ0n) is 6.79. The standard InChI is InChI=1S/C8H15NOS/c1-3-9-4-2-8(1)5-11-7-10-6-9/h8H,1-7H2. The average Bonchev–Trinajstić information content (AvgIpc) is 2.21. The molecule has 0 spiro atoms. The van der Waals surface area contributed by atoms with E-state index >= 15 is 0 Å². The van der Waals surface area contributed by atoms with Gasteiger partial charge in [-0.3, -0.25) is 4.90 Å². The van der Waals surface area contributed by atoms with E-state index in [-0.39, 0.29) is 0 Å². The van der Waals surface area contributed by atoms with Crippen LogP contribution in [0.3, 0.4) is 0 Å². The molecule has 0 aliphatic carbocycles. The van der Waals surface area contributed by atoms with Crippen LogP contribution in [-0.4, -0.2) is 36.4 Å². The smallest absolute Gasteiger partial charge is 0.100 e. The molecular weight excluding hydrogens is 158 g/mol. The van der Waals surface area contributed by atoms with E-state index < -0.39 is 0 Å². The van der Waals surface area contributed by atoms with E-state index in [0.29, 0.717) is 0 Å². The van der Waals surface area contributed by atoms with Gasteiger partial charge < -0.3 is 4.74 Å². The first kappa shape index (κ1) is 7.90. The van der Waals surface area contributed by atoms with Crippen molar-refractivity contribution in [2.24, 2.45) is 5.92 Å². The molecule has 3 heterocycles. The number of hydrogen-bond acceptors (Lipinski definition) is 3. The van der Waals surface area contributed by atoms with Gasteiger partial charge in [-0.15, -0.1) is 11.8 Å². The quantitative estimate of drug-likeness (QED) is 0.549. The maximum atomic E-state index is 5.47. The van der Waals surface area contributed by atoms with E-state index in [1.807, 2.05) is 11.8 Å². The molecule has 2 bridgehead atoms. The van der Waals surface area contributed by atoms with Crippen LogP contribution in [0.1, 0.15) is 12.8 Å². The summed E-state index contributed by atoms with van der Waals surface area (Å²) in [6, 6.07) is 0. The van der Waals surface area contributed by atoms with Crippen molar-refractivity contribution < 1.29 is 4.74 Å². The van der Waals surface area contributed by atoms with Crippen molar-refractivity contribution in [3.8, 4) is 0 Å². The van der Waals surface area contributed by atoms with E-state index in [1.165, 1.54) is 31.7 Å². The summed E-state index contributed by atoms with van der Waals surface area (Å²) in [5.41, 5.74) is 0. The van der Waals surface area contributed by atoms with Crippen LogP contribution in [0.25, 0.3) is 0 Å². The number of thioether (sulfide) groups is 1. The van der Waals surface area contributed by atoms with Gasteiger partial charge in [0.2, 0.25) is 0 Å². The van der Waals surface area contributed by atoms with Crippen molar-refractivity contribution in [1.82, 2.24) is 4.90 Å². The van der Waals surface area contributed by atoms with E-state index in [2.05, 4.69) is 4.90 Å². The fraction of sp³-hybridized carbons (Fsp3) is 1.00. The molecule has 3 saturated heterocycles. The summed E-state index contributed by atoms with van der Waals surface area (Å²) < 4.78 is 5.47. The highest BCUT2D eigenvalue weighted by atomic mass is 32.2. The zero-order chi connectivity index (χ0) is 7.52. The number of hydrogen-bond donors (Lipinski definition) is 0. The van der Waals surface area contributed by atoms with Crippen LogP contribution in [0.2, 0.25) is 0 Å². The molecule has 11 heavy (non-hydrogen) atoms. The molecule has 3 rings (SSSR count). The Morgan fingerprint density at radius 1 is 1.27 bits per heavy atom. The second-order valence-electron chi connectivity index (χ2n) is 3.38. The van der Waals surface area contributed by atoms with Gasteiger partial charge in [0.1, 0.15) is 6.73 Å². The van der Waals surface area contributed by atoms with Crippen LogP contribution in [0, 0.1) is 5.92 Å². The van der Waals surface area contributed by atoms with Gasteiger partial charge in [0.15, 0.2) is 0 Å². The summed E-state index contributed by atoms with van der Waals surface area (Å²) in [5.74, 6) is 3.18. The lowest BCUT2D eigenvalue weighted by atomic mass is 9.99. The lowest BCUT2D eigenvalue weighted by Gasteiger charge is -2.29. The van der Waals surface area contributed by atoms with E-state index in [4.69, 9.17) is 4.74 Å². The second-order valence-corrected chi connectivity index (χ2v) is 4.36. The third kappa shape index (κ3) is 2.10. The monoisotopic (exact) mass is 173 g/mol. The maximum Gasteiger partial charge on any atom is 0.100 e. The molecule has 3 heteroatoms. The molecule has 3 aliphatic rings. The summed E-state index contributed by atoms with van der Waals surface area (Å²) in [6.07, 6.45) is 2.77. The number of piperidine rings is 1. The number of nitrogens with zero attached hydrogens (tertiary/aromatic N) is 1. The largest absolute Gasteiger partial charge is 0.355 e. The lowest BCUT2D eigenvalue weighted by Crippen LogP contribution is -2.34. The SMILES string of the molecule is C1OCN2CCC(CC2)CS1. The number of rotatable bonds is 0. The van der Waals surface area contributed by atoms with Gasteiger partial charge in [-0.05, 0) is 24.5 Å². The van der Waals surface area contributed by atoms with Crippen molar-refractivity contribution in [2.45, 2.75) is 12.8 Å². The molecule has 64 valence electrons. The van der Waals surface area contributed by atoms with Crippen LogP contribution in [-0.2, 0) is 4.74 Å². The Balaban J connectivity index is 1.92. The Morgan fingerprint density at radius 3 is 2.91 bits per heavy atom. The maximum absolute atomic E-state index is 5.47. The summed E-state index contributed by atoms with van der Waals surface area (Å²) >= 11 is 1.95. The highest BCUT2D eigenvalue weighted by Crippen LogP contribution is 2.23. The summed E-state index contributed by atoms with van der Waals surface area (Å²) in [7, 11) is 0. The molecule has 0 unspecified atom stereocenters. The van der Waals surface area contributed by atoms with Gasteiger partial charge in [0.25, 0.3) is 0 Å². The molecule has 0 amide bonds. The fourth-order valence-electron chi connectivity index (χ4n) is 1.72. The lowest BCUT2D eigenvalue weighted by molar-refractivity contribution is 0.0385. The topological polar surface area (TPSA) is 12.5 Å².